The van der Waals surface area contributed by atoms with Crippen molar-refractivity contribution in [3.05, 3.63) is 80.5 Å². The number of pyridine rings is 1. The van der Waals surface area contributed by atoms with Crippen LogP contribution in [0.25, 0.3) is 16.3 Å². The van der Waals surface area contributed by atoms with E-state index in [9.17, 15) is 9.59 Å². The molecule has 1 aliphatic carbocycles. The minimum atomic E-state index is -0.264. The van der Waals surface area contributed by atoms with Crippen LogP contribution in [0, 0.1) is 11.3 Å². The molecule has 37 heavy (non-hydrogen) atoms. The van der Waals surface area contributed by atoms with Crippen LogP contribution in [0.5, 0.6) is 0 Å². The normalized spacial score (nSPS) is 15.7. The molecule has 4 aromatic rings. The van der Waals surface area contributed by atoms with Crippen molar-refractivity contribution in [2.45, 2.75) is 46.5 Å². The topological polar surface area (TPSA) is 85.1 Å². The van der Waals surface area contributed by atoms with Crippen molar-refractivity contribution in [3.63, 3.8) is 0 Å². The maximum atomic E-state index is 13.1. The van der Waals surface area contributed by atoms with Crippen LogP contribution in [-0.2, 0) is 12.8 Å². The van der Waals surface area contributed by atoms with Gasteiger partial charge in [-0.1, -0.05) is 33.3 Å². The first-order valence-electron chi connectivity index (χ1n) is 12.6. The number of amides is 1. The van der Waals surface area contributed by atoms with Gasteiger partial charge in [0.2, 0.25) is 0 Å². The third-order valence-electron chi connectivity index (χ3n) is 7.68. The molecule has 3 heterocycles. The second kappa shape index (κ2) is 10.2. The van der Waals surface area contributed by atoms with Crippen molar-refractivity contribution in [1.29, 1.82) is 0 Å². The number of anilines is 2. The number of benzene rings is 1. The van der Waals surface area contributed by atoms with Gasteiger partial charge in [0, 0.05) is 27.2 Å². The summed E-state index contributed by atoms with van der Waals surface area (Å²) in [5, 5.41) is 5.75. The number of thiophene rings is 2. The highest BCUT2D eigenvalue weighted by molar-refractivity contribution is 7.21. The van der Waals surface area contributed by atoms with Crippen LogP contribution < -0.4 is 11.1 Å². The van der Waals surface area contributed by atoms with Gasteiger partial charge in [-0.05, 0) is 90.1 Å². The van der Waals surface area contributed by atoms with E-state index in [0.29, 0.717) is 33.1 Å². The van der Waals surface area contributed by atoms with Crippen molar-refractivity contribution in [1.82, 2.24) is 4.98 Å². The first-order chi connectivity index (χ1) is 17.7. The lowest BCUT2D eigenvalue weighted by molar-refractivity contribution is 0.102. The number of fused-ring (bicyclic) bond motifs is 2. The number of carbonyl (C=O) groups is 2. The summed E-state index contributed by atoms with van der Waals surface area (Å²) < 4.78 is 0. The SMILES string of the molecule is CCC(C)(C)C1CCc2nc3sc(C(=O)Nc4ccc(C(=O)C=Cc5cccs5)cc4)c(N)c3cc2C1. The molecule has 0 bridgehead atoms. The first-order valence-corrected chi connectivity index (χ1v) is 14.3. The minimum Gasteiger partial charge on any atom is -0.397 e. The van der Waals surface area contributed by atoms with Crippen molar-refractivity contribution in [2.24, 2.45) is 11.3 Å². The zero-order chi connectivity index (χ0) is 26.2. The maximum Gasteiger partial charge on any atom is 0.267 e. The summed E-state index contributed by atoms with van der Waals surface area (Å²) in [6.45, 7) is 6.95. The Balaban J connectivity index is 1.31. The van der Waals surface area contributed by atoms with Gasteiger partial charge in [0.1, 0.15) is 9.71 Å². The molecular weight excluding hydrogens is 498 g/mol. The van der Waals surface area contributed by atoms with Gasteiger partial charge in [-0.2, -0.15) is 0 Å². The van der Waals surface area contributed by atoms with E-state index in [0.717, 1.165) is 46.5 Å². The summed E-state index contributed by atoms with van der Waals surface area (Å²) >= 11 is 2.92. The maximum absolute atomic E-state index is 13.1. The Morgan fingerprint density at radius 2 is 2.00 bits per heavy atom. The summed E-state index contributed by atoms with van der Waals surface area (Å²) in [6, 6.07) is 13.0. The molecule has 7 heteroatoms. The fourth-order valence-electron chi connectivity index (χ4n) is 4.86. The number of nitrogen functional groups attached to an aromatic ring is 1. The Morgan fingerprint density at radius 1 is 1.22 bits per heavy atom. The number of hydrogen-bond donors (Lipinski definition) is 2. The fraction of sp³-hybridized carbons (Fsp3) is 0.300. The second-order valence-electron chi connectivity index (χ2n) is 10.3. The predicted molar refractivity (Wildman–Crippen MR) is 156 cm³/mol. The van der Waals surface area contributed by atoms with Crippen LogP contribution in [0.15, 0.2) is 53.9 Å². The summed E-state index contributed by atoms with van der Waals surface area (Å²) in [6.07, 6.45) is 7.63. The molecule has 3 N–H and O–H groups in total. The average Bonchev–Trinajstić information content (AvgIpc) is 3.54. The Bertz CT molecular complexity index is 1480. The standard InChI is InChI=1S/C30H31N3O2S2/c1-4-30(2,3)20-9-13-24-19(16-20)17-23-26(31)27(37-29(23)33-24)28(35)32-21-10-7-18(8-11-21)25(34)14-12-22-6-5-15-36-22/h5-8,10-12,14-15,17,20H,4,9,13,16,31H2,1-3H3,(H,32,35). The van der Waals surface area contributed by atoms with E-state index in [4.69, 9.17) is 10.7 Å². The summed E-state index contributed by atoms with van der Waals surface area (Å²) in [5.74, 6) is 0.271. The number of carbonyl (C=O) groups excluding carboxylic acids is 2. The number of aryl methyl sites for hydroxylation is 1. The number of rotatable bonds is 7. The number of ketones is 1. The monoisotopic (exact) mass is 529 g/mol. The van der Waals surface area contributed by atoms with Crippen LogP contribution in [0.3, 0.4) is 0 Å². The van der Waals surface area contributed by atoms with Crippen molar-refractivity contribution in [3.8, 4) is 0 Å². The Morgan fingerprint density at radius 3 is 2.70 bits per heavy atom. The smallest absolute Gasteiger partial charge is 0.267 e. The Kier molecular flexibility index (Phi) is 7.01. The zero-order valence-electron chi connectivity index (χ0n) is 21.3. The molecule has 1 unspecified atom stereocenters. The third-order valence-corrected chi connectivity index (χ3v) is 9.63. The van der Waals surface area contributed by atoms with Gasteiger partial charge in [0.25, 0.3) is 5.91 Å². The van der Waals surface area contributed by atoms with Gasteiger partial charge < -0.3 is 11.1 Å². The van der Waals surface area contributed by atoms with Crippen LogP contribution in [0.1, 0.15) is 69.8 Å². The molecule has 0 aliphatic heterocycles. The number of allylic oxidation sites excluding steroid dienone is 1. The van der Waals surface area contributed by atoms with Crippen LogP contribution in [-0.4, -0.2) is 16.7 Å². The number of hydrogen-bond acceptors (Lipinski definition) is 6. The van der Waals surface area contributed by atoms with Crippen molar-refractivity contribution < 1.29 is 9.59 Å². The quantitative estimate of drug-likeness (QED) is 0.190. The van der Waals surface area contributed by atoms with E-state index < -0.39 is 0 Å². The van der Waals surface area contributed by atoms with Gasteiger partial charge >= 0.3 is 0 Å². The van der Waals surface area contributed by atoms with Gasteiger partial charge in [0.15, 0.2) is 5.78 Å². The van der Waals surface area contributed by atoms with E-state index >= 15 is 0 Å². The number of nitrogens with one attached hydrogen (secondary N) is 1. The summed E-state index contributed by atoms with van der Waals surface area (Å²) in [7, 11) is 0. The molecule has 0 saturated carbocycles. The molecule has 0 radical (unpaired) electrons. The fourth-order valence-corrected chi connectivity index (χ4v) is 6.47. The van der Waals surface area contributed by atoms with Crippen LogP contribution >= 0.6 is 22.7 Å². The van der Waals surface area contributed by atoms with E-state index in [-0.39, 0.29) is 11.7 Å². The first kappa shape index (κ1) is 25.4. The van der Waals surface area contributed by atoms with Crippen LogP contribution in [0.2, 0.25) is 0 Å². The lowest BCUT2D eigenvalue weighted by Crippen LogP contribution is -2.29. The molecule has 1 aromatic carbocycles. The molecule has 1 aliphatic rings. The largest absolute Gasteiger partial charge is 0.397 e. The highest BCUT2D eigenvalue weighted by Gasteiger charge is 2.32. The molecule has 5 rings (SSSR count). The zero-order valence-corrected chi connectivity index (χ0v) is 23.0. The van der Waals surface area contributed by atoms with E-state index in [1.807, 2.05) is 23.6 Å². The Labute approximate surface area is 225 Å². The Hall–Kier alpha value is -3.29. The predicted octanol–water partition coefficient (Wildman–Crippen LogP) is 7.63. The van der Waals surface area contributed by atoms with Crippen molar-refractivity contribution in [2.75, 3.05) is 11.1 Å². The van der Waals surface area contributed by atoms with E-state index in [1.165, 1.54) is 16.9 Å². The summed E-state index contributed by atoms with van der Waals surface area (Å²) in [5.41, 5.74) is 10.8. The van der Waals surface area contributed by atoms with Crippen molar-refractivity contribution >= 4 is 62.0 Å². The number of nitrogens with two attached hydrogens (primary N) is 1. The number of nitrogens with zero attached hydrogens (tertiary/aromatic N) is 1. The molecule has 0 saturated heterocycles. The molecular formula is C30H31N3O2S2. The van der Waals surface area contributed by atoms with E-state index in [1.54, 1.807) is 41.7 Å². The highest BCUT2D eigenvalue weighted by atomic mass is 32.1. The molecule has 5 nitrogen and oxygen atoms in total. The third kappa shape index (κ3) is 5.24. The summed E-state index contributed by atoms with van der Waals surface area (Å²) in [4.78, 5) is 32.8. The lowest BCUT2D eigenvalue weighted by Gasteiger charge is -2.36. The molecule has 0 spiro atoms. The molecule has 1 amide bonds. The average molecular weight is 530 g/mol. The lowest BCUT2D eigenvalue weighted by atomic mass is 9.69. The van der Waals surface area contributed by atoms with Gasteiger partial charge in [-0.15, -0.1) is 22.7 Å². The molecule has 1 atom stereocenters. The number of aromatic nitrogens is 1. The molecule has 190 valence electrons. The minimum absolute atomic E-state index is 0.0837. The van der Waals surface area contributed by atoms with E-state index in [2.05, 4.69) is 32.2 Å². The van der Waals surface area contributed by atoms with Crippen LogP contribution in [0.4, 0.5) is 11.4 Å². The van der Waals surface area contributed by atoms with Gasteiger partial charge in [0.05, 0.1) is 5.69 Å². The van der Waals surface area contributed by atoms with Gasteiger partial charge in [-0.25, -0.2) is 4.98 Å². The van der Waals surface area contributed by atoms with Gasteiger partial charge in [-0.3, -0.25) is 9.59 Å². The highest BCUT2D eigenvalue weighted by Crippen LogP contribution is 2.42. The molecule has 0 fully saturated rings. The molecule has 3 aromatic heterocycles. The second-order valence-corrected chi connectivity index (χ2v) is 12.3.